The first-order valence-corrected chi connectivity index (χ1v) is 22.3. The number of piperazine rings is 1. The number of hydrogen-bond donors (Lipinski definition) is 3. The molecule has 7 heteroatoms. The van der Waals surface area contributed by atoms with E-state index in [0.717, 1.165) is 25.9 Å². The van der Waals surface area contributed by atoms with Crippen LogP contribution in [0.2, 0.25) is 0 Å². The lowest BCUT2D eigenvalue weighted by Gasteiger charge is -2.32. The van der Waals surface area contributed by atoms with E-state index >= 15 is 0 Å². The zero-order valence-corrected chi connectivity index (χ0v) is 33.6. The Hall–Kier alpha value is -1.18. The number of carboxylic acids is 1. The maximum atomic E-state index is 13.3. The van der Waals surface area contributed by atoms with Gasteiger partial charge in [-0.1, -0.05) is 206 Å². The molecule has 7 nitrogen and oxygen atoms in total. The fraction of sp³-hybridized carbons (Fsp3) is 0.953. The van der Waals surface area contributed by atoms with Crippen molar-refractivity contribution in [2.75, 3.05) is 39.3 Å². The van der Waals surface area contributed by atoms with E-state index in [4.69, 9.17) is 0 Å². The van der Waals surface area contributed by atoms with Gasteiger partial charge in [0.15, 0.2) is 0 Å². The summed E-state index contributed by atoms with van der Waals surface area (Å²) < 4.78 is 0. The topological polar surface area (TPSA) is 84.9 Å². The molecule has 1 saturated heterocycles. The monoisotopic (exact) mass is 707 g/mol. The van der Waals surface area contributed by atoms with Gasteiger partial charge in [-0.3, -0.25) is 9.59 Å². The molecular weight excluding hydrogens is 620 g/mol. The lowest BCUT2D eigenvalue weighted by Crippen LogP contribution is -2.59. The Morgan fingerprint density at radius 2 is 0.880 bits per heavy atom. The summed E-state index contributed by atoms with van der Waals surface area (Å²) in [7, 11) is 0. The summed E-state index contributed by atoms with van der Waals surface area (Å²) >= 11 is 0. The zero-order chi connectivity index (χ0) is 36.2. The quantitative estimate of drug-likeness (QED) is 0.0554. The molecule has 0 spiro atoms. The zero-order valence-electron chi connectivity index (χ0n) is 33.6. The summed E-state index contributed by atoms with van der Waals surface area (Å²) in [4.78, 5) is 26.8. The van der Waals surface area contributed by atoms with Crippen molar-refractivity contribution >= 4 is 11.9 Å². The summed E-state index contributed by atoms with van der Waals surface area (Å²) in [6.07, 6.45) is 43.4. The lowest BCUT2D eigenvalue weighted by atomic mass is 10.0. The van der Waals surface area contributed by atoms with Crippen molar-refractivity contribution in [3.8, 4) is 0 Å². The molecule has 0 aromatic rings. The minimum Gasteiger partial charge on any atom is -0.480 e. The van der Waals surface area contributed by atoms with Gasteiger partial charge in [0.2, 0.25) is 5.91 Å². The Morgan fingerprint density at radius 1 is 0.560 bits per heavy atom. The normalized spacial score (nSPS) is 15.1. The van der Waals surface area contributed by atoms with Crippen LogP contribution < -0.4 is 10.7 Å². The molecule has 1 amide bonds. The van der Waals surface area contributed by atoms with Gasteiger partial charge in [-0.25, -0.2) is 10.4 Å². The van der Waals surface area contributed by atoms with Crippen LogP contribution in [0.1, 0.15) is 219 Å². The average Bonchev–Trinajstić information content (AvgIpc) is 3.12. The summed E-state index contributed by atoms with van der Waals surface area (Å²) in [5.41, 5.74) is 3.24. The highest BCUT2D eigenvalue weighted by atomic mass is 16.4. The van der Waals surface area contributed by atoms with Gasteiger partial charge >= 0.3 is 5.97 Å². The van der Waals surface area contributed by atoms with Crippen LogP contribution in [0, 0.1) is 0 Å². The summed E-state index contributed by atoms with van der Waals surface area (Å²) in [5.74, 6) is -0.686. The highest BCUT2D eigenvalue weighted by molar-refractivity contribution is 5.78. The van der Waals surface area contributed by atoms with E-state index in [1.165, 1.54) is 193 Å². The summed E-state index contributed by atoms with van der Waals surface area (Å²) in [5, 5.41) is 14.3. The Balaban J connectivity index is 2.18. The number of aliphatic carboxylic acids is 1. The van der Waals surface area contributed by atoms with E-state index in [-0.39, 0.29) is 12.5 Å². The van der Waals surface area contributed by atoms with Crippen LogP contribution in [0.3, 0.4) is 0 Å². The minimum atomic E-state index is -0.837. The Kier molecular flexibility index (Phi) is 33.9. The van der Waals surface area contributed by atoms with Crippen molar-refractivity contribution in [3.05, 3.63) is 0 Å². The Morgan fingerprint density at radius 3 is 1.20 bits per heavy atom. The molecule has 0 aromatic heterocycles. The number of carbonyl (C=O) groups excluding carboxylic acids is 1. The molecular formula is C43H86N4O3. The van der Waals surface area contributed by atoms with Crippen LogP contribution >= 0.6 is 0 Å². The van der Waals surface area contributed by atoms with Gasteiger partial charge in [0.05, 0.1) is 6.54 Å². The molecule has 1 atom stereocenters. The SMILES string of the molecule is CCCCCCCCCCCCCCCCCCN(CCCCCCCCCCCCCCCCCC)C(=O)CNN1CCNC(C(=O)O)C1. The van der Waals surface area contributed by atoms with Gasteiger partial charge < -0.3 is 15.3 Å². The molecule has 0 radical (unpaired) electrons. The standard InChI is InChI=1S/C43H86N4O3/c1-3-5-7-9-11-13-15-17-19-21-23-25-27-29-31-33-36-46(42(48)39-45-47-38-35-44-41(40-47)43(49)50)37-34-32-30-28-26-24-22-20-18-16-14-12-10-8-6-4-2/h41,44-45H,3-40H2,1-2H3,(H,49,50). The maximum absolute atomic E-state index is 13.3. The fourth-order valence-corrected chi connectivity index (χ4v) is 7.41. The third-order valence-corrected chi connectivity index (χ3v) is 10.8. The number of nitrogens with one attached hydrogen (secondary N) is 2. The molecule has 0 aromatic carbocycles. The highest BCUT2D eigenvalue weighted by Gasteiger charge is 2.25. The highest BCUT2D eigenvalue weighted by Crippen LogP contribution is 2.16. The van der Waals surface area contributed by atoms with Crippen molar-refractivity contribution in [1.29, 1.82) is 0 Å². The van der Waals surface area contributed by atoms with Crippen molar-refractivity contribution in [1.82, 2.24) is 20.7 Å². The fourth-order valence-electron chi connectivity index (χ4n) is 7.41. The third kappa shape index (κ3) is 29.4. The average molecular weight is 707 g/mol. The Bertz CT molecular complexity index is 716. The summed E-state index contributed by atoms with van der Waals surface area (Å²) in [6.45, 7) is 8.21. The smallest absolute Gasteiger partial charge is 0.322 e. The van der Waals surface area contributed by atoms with Crippen molar-refractivity contribution in [2.24, 2.45) is 0 Å². The number of hydrazine groups is 1. The number of rotatable bonds is 38. The molecule has 1 aliphatic heterocycles. The van der Waals surface area contributed by atoms with Crippen LogP contribution in [0.4, 0.5) is 0 Å². The molecule has 50 heavy (non-hydrogen) atoms. The van der Waals surface area contributed by atoms with Gasteiger partial charge in [0.1, 0.15) is 6.04 Å². The predicted molar refractivity (Wildman–Crippen MR) is 215 cm³/mol. The molecule has 1 rings (SSSR count). The van der Waals surface area contributed by atoms with E-state index in [1.54, 1.807) is 0 Å². The molecule has 0 aliphatic carbocycles. The second-order valence-electron chi connectivity index (χ2n) is 15.6. The van der Waals surface area contributed by atoms with E-state index in [0.29, 0.717) is 19.6 Å². The lowest BCUT2D eigenvalue weighted by molar-refractivity contribution is -0.141. The number of amides is 1. The van der Waals surface area contributed by atoms with Crippen molar-refractivity contribution in [2.45, 2.75) is 225 Å². The number of hydrogen-bond acceptors (Lipinski definition) is 5. The van der Waals surface area contributed by atoms with Crippen LogP contribution in [-0.2, 0) is 9.59 Å². The molecule has 3 N–H and O–H groups in total. The molecule has 296 valence electrons. The minimum absolute atomic E-state index is 0.150. The van der Waals surface area contributed by atoms with Gasteiger partial charge in [0, 0.05) is 32.7 Å². The second kappa shape index (κ2) is 36.2. The third-order valence-electron chi connectivity index (χ3n) is 10.8. The van der Waals surface area contributed by atoms with Crippen LogP contribution in [0.25, 0.3) is 0 Å². The van der Waals surface area contributed by atoms with Crippen molar-refractivity contribution < 1.29 is 14.7 Å². The first kappa shape index (κ1) is 46.8. The van der Waals surface area contributed by atoms with E-state index in [1.807, 2.05) is 5.01 Å². The maximum Gasteiger partial charge on any atom is 0.322 e. The van der Waals surface area contributed by atoms with E-state index < -0.39 is 12.0 Å². The van der Waals surface area contributed by atoms with Crippen molar-refractivity contribution in [3.63, 3.8) is 0 Å². The Labute approximate surface area is 311 Å². The number of unbranched alkanes of at least 4 members (excludes halogenated alkanes) is 30. The van der Waals surface area contributed by atoms with E-state index in [2.05, 4.69) is 29.5 Å². The van der Waals surface area contributed by atoms with Gasteiger partial charge in [0.25, 0.3) is 0 Å². The number of carboxylic acid groups (broad SMARTS) is 1. The predicted octanol–water partition coefficient (Wildman–Crippen LogP) is 11.2. The number of carbonyl (C=O) groups is 2. The van der Waals surface area contributed by atoms with Crippen LogP contribution in [-0.4, -0.2) is 72.2 Å². The van der Waals surface area contributed by atoms with Gasteiger partial charge in [-0.2, -0.15) is 0 Å². The second-order valence-corrected chi connectivity index (χ2v) is 15.6. The van der Waals surface area contributed by atoms with Crippen LogP contribution in [0.15, 0.2) is 0 Å². The molecule has 1 heterocycles. The van der Waals surface area contributed by atoms with E-state index in [9.17, 15) is 14.7 Å². The van der Waals surface area contributed by atoms with Crippen LogP contribution in [0.5, 0.6) is 0 Å². The molecule has 1 fully saturated rings. The molecule has 1 aliphatic rings. The largest absolute Gasteiger partial charge is 0.480 e. The summed E-state index contributed by atoms with van der Waals surface area (Å²) in [6, 6.07) is -0.585. The van der Waals surface area contributed by atoms with Gasteiger partial charge in [-0.05, 0) is 12.8 Å². The first-order valence-electron chi connectivity index (χ1n) is 22.3. The molecule has 0 bridgehead atoms. The molecule has 1 unspecified atom stereocenters. The number of nitrogens with zero attached hydrogens (tertiary/aromatic N) is 2. The first-order chi connectivity index (χ1) is 24.6. The van der Waals surface area contributed by atoms with Gasteiger partial charge in [-0.15, -0.1) is 0 Å². The molecule has 0 saturated carbocycles.